The first-order chi connectivity index (χ1) is 24.2. The molecule has 0 unspecified atom stereocenters. The second-order valence-electron chi connectivity index (χ2n) is 12.3. The van der Waals surface area contributed by atoms with Crippen LogP contribution in [0.4, 0.5) is 0 Å². The number of nitriles is 2. The molecule has 3 aromatic heterocycles. The zero-order valence-corrected chi connectivity index (χ0v) is 25.9. The monoisotopic (exact) mass is 625 g/mol. The fraction of sp³-hybridized carbons (Fsp3) is 0. The first-order valence-corrected chi connectivity index (χ1v) is 16.0. The van der Waals surface area contributed by atoms with Crippen LogP contribution in [0, 0.1) is 22.7 Å². The van der Waals surface area contributed by atoms with Crippen molar-refractivity contribution in [2.75, 3.05) is 0 Å². The van der Waals surface area contributed by atoms with Crippen LogP contribution in [-0.4, -0.2) is 4.57 Å². The Morgan fingerprint density at radius 3 is 1.61 bits per heavy atom. The Balaban J connectivity index is 1.24. The second kappa shape index (κ2) is 10.2. The van der Waals surface area contributed by atoms with Gasteiger partial charge in [0.05, 0.1) is 33.9 Å². The SMILES string of the molecule is N#Cc1ccc(-c2ccc3oc4ccc5oc6ccc(-c7cccc(C#N)c7-n7c8ccccc8c8ccccc87)cc6c5c4c3c2)cc1. The summed E-state index contributed by atoms with van der Waals surface area (Å²) in [5, 5.41) is 25.9. The number of hydrogen-bond acceptors (Lipinski definition) is 4. The molecule has 0 saturated heterocycles. The standard InChI is InChI=1S/C44H23N3O2/c45-24-26-12-14-27(15-13-26)28-16-18-38-34(22-28)42-40(48-38)20-21-41-43(42)35-23-29(17-19-39(35)49-41)31-9-5-6-30(25-46)44(31)47-36-10-3-1-7-32(36)33-8-2-4-11-37(33)47/h1-23H. The van der Waals surface area contributed by atoms with Gasteiger partial charge in [0.2, 0.25) is 0 Å². The maximum atomic E-state index is 10.4. The van der Waals surface area contributed by atoms with E-state index in [1.54, 1.807) is 0 Å². The van der Waals surface area contributed by atoms with Crippen LogP contribution in [0.2, 0.25) is 0 Å². The minimum Gasteiger partial charge on any atom is -0.456 e. The zero-order chi connectivity index (χ0) is 32.6. The van der Waals surface area contributed by atoms with E-state index in [-0.39, 0.29) is 0 Å². The molecule has 0 amide bonds. The molecule has 0 aliphatic carbocycles. The number of fused-ring (bicyclic) bond motifs is 10. The van der Waals surface area contributed by atoms with E-state index < -0.39 is 0 Å². The van der Waals surface area contributed by atoms with Gasteiger partial charge in [0.1, 0.15) is 28.4 Å². The van der Waals surface area contributed by atoms with Crippen LogP contribution in [0.3, 0.4) is 0 Å². The normalized spacial score (nSPS) is 11.6. The van der Waals surface area contributed by atoms with E-state index in [4.69, 9.17) is 8.83 Å². The van der Waals surface area contributed by atoms with Crippen molar-refractivity contribution in [3.63, 3.8) is 0 Å². The average molecular weight is 626 g/mol. The third kappa shape index (κ3) is 3.91. The van der Waals surface area contributed by atoms with Gasteiger partial charge in [-0.1, -0.05) is 72.8 Å². The van der Waals surface area contributed by atoms with Crippen LogP contribution in [0.15, 0.2) is 148 Å². The minimum atomic E-state index is 0.597. The highest BCUT2D eigenvalue weighted by Gasteiger charge is 2.21. The van der Waals surface area contributed by atoms with Gasteiger partial charge in [-0.15, -0.1) is 0 Å². The summed E-state index contributed by atoms with van der Waals surface area (Å²) in [6.07, 6.45) is 0. The molecule has 0 fully saturated rings. The maximum absolute atomic E-state index is 10.4. The minimum absolute atomic E-state index is 0.597. The number of furan rings is 2. The van der Waals surface area contributed by atoms with E-state index in [1.807, 2.05) is 78.9 Å². The Kier molecular flexibility index (Phi) is 5.64. The summed E-state index contributed by atoms with van der Waals surface area (Å²) in [4.78, 5) is 0. The largest absolute Gasteiger partial charge is 0.456 e. The predicted molar refractivity (Wildman–Crippen MR) is 196 cm³/mol. The highest BCUT2D eigenvalue weighted by molar-refractivity contribution is 6.26. The van der Waals surface area contributed by atoms with E-state index in [9.17, 15) is 10.5 Å². The van der Waals surface area contributed by atoms with Crippen molar-refractivity contribution in [2.45, 2.75) is 0 Å². The maximum Gasteiger partial charge on any atom is 0.136 e. The quantitative estimate of drug-likeness (QED) is 0.196. The zero-order valence-electron chi connectivity index (χ0n) is 25.9. The number of aromatic nitrogens is 1. The van der Waals surface area contributed by atoms with E-state index in [1.165, 1.54) is 0 Å². The lowest BCUT2D eigenvalue weighted by Crippen LogP contribution is -2.00. The molecule has 0 atom stereocenters. The first-order valence-electron chi connectivity index (χ1n) is 16.0. The Bertz CT molecular complexity index is 3020. The molecule has 10 rings (SSSR count). The van der Waals surface area contributed by atoms with E-state index in [0.717, 1.165) is 93.6 Å². The molecule has 0 aliphatic rings. The topological polar surface area (TPSA) is 78.8 Å². The lowest BCUT2D eigenvalue weighted by Gasteiger charge is -2.16. The van der Waals surface area contributed by atoms with Gasteiger partial charge >= 0.3 is 0 Å². The van der Waals surface area contributed by atoms with E-state index in [2.05, 4.69) is 77.4 Å². The number of para-hydroxylation sites is 3. The molecule has 0 saturated carbocycles. The van der Waals surface area contributed by atoms with E-state index >= 15 is 0 Å². The fourth-order valence-corrected chi connectivity index (χ4v) is 7.49. The predicted octanol–water partition coefficient (Wildman–Crippen LogP) is 11.7. The summed E-state index contributed by atoms with van der Waals surface area (Å²) in [5.74, 6) is 0. The fourth-order valence-electron chi connectivity index (χ4n) is 7.49. The summed E-state index contributed by atoms with van der Waals surface area (Å²) < 4.78 is 15.0. The van der Waals surface area contributed by atoms with Gasteiger partial charge in [0, 0.05) is 37.9 Å². The van der Waals surface area contributed by atoms with Gasteiger partial charge < -0.3 is 13.4 Å². The number of hydrogen-bond donors (Lipinski definition) is 0. The molecule has 5 heteroatoms. The summed E-state index contributed by atoms with van der Waals surface area (Å²) in [5.41, 5.74) is 11.3. The molecule has 10 aromatic rings. The van der Waals surface area contributed by atoms with Crippen LogP contribution in [0.5, 0.6) is 0 Å². The van der Waals surface area contributed by atoms with Crippen LogP contribution < -0.4 is 0 Å². The molecule has 5 nitrogen and oxygen atoms in total. The summed E-state index contributed by atoms with van der Waals surface area (Å²) >= 11 is 0. The van der Waals surface area contributed by atoms with Crippen LogP contribution >= 0.6 is 0 Å². The van der Waals surface area contributed by atoms with Crippen molar-refractivity contribution in [2.24, 2.45) is 0 Å². The van der Waals surface area contributed by atoms with Gasteiger partial charge in [-0.05, 0) is 83.4 Å². The van der Waals surface area contributed by atoms with Gasteiger partial charge in [0.15, 0.2) is 0 Å². The van der Waals surface area contributed by atoms with Gasteiger partial charge in [-0.2, -0.15) is 10.5 Å². The first kappa shape index (κ1) is 27.1. The summed E-state index contributed by atoms with van der Waals surface area (Å²) in [7, 11) is 0. The van der Waals surface area contributed by atoms with Crippen molar-refractivity contribution >= 4 is 65.7 Å². The number of nitrogens with zero attached hydrogens (tertiary/aromatic N) is 3. The van der Waals surface area contributed by atoms with Crippen molar-refractivity contribution in [1.82, 2.24) is 4.57 Å². The molecule has 226 valence electrons. The molecule has 49 heavy (non-hydrogen) atoms. The number of benzene rings is 7. The Morgan fingerprint density at radius 1 is 0.449 bits per heavy atom. The third-order valence-electron chi connectivity index (χ3n) is 9.69. The highest BCUT2D eigenvalue weighted by Crippen LogP contribution is 2.43. The van der Waals surface area contributed by atoms with Gasteiger partial charge in [-0.25, -0.2) is 0 Å². The third-order valence-corrected chi connectivity index (χ3v) is 9.69. The second-order valence-corrected chi connectivity index (χ2v) is 12.3. The molecule has 0 spiro atoms. The Hall–Kier alpha value is -7.08. The lowest BCUT2D eigenvalue weighted by atomic mass is 9.97. The van der Waals surface area contributed by atoms with Gasteiger partial charge in [0.25, 0.3) is 0 Å². The summed E-state index contributed by atoms with van der Waals surface area (Å²) in [6.45, 7) is 0. The Labute approximate surface area is 279 Å². The highest BCUT2D eigenvalue weighted by atomic mass is 16.3. The lowest BCUT2D eigenvalue weighted by molar-refractivity contribution is 0.663. The number of rotatable bonds is 3. The molecular weight excluding hydrogens is 603 g/mol. The molecular formula is C44H23N3O2. The van der Waals surface area contributed by atoms with Crippen molar-refractivity contribution in [3.8, 4) is 40.1 Å². The van der Waals surface area contributed by atoms with Crippen molar-refractivity contribution in [1.29, 1.82) is 10.5 Å². The van der Waals surface area contributed by atoms with Crippen molar-refractivity contribution < 1.29 is 8.83 Å². The molecule has 0 aliphatic heterocycles. The van der Waals surface area contributed by atoms with Gasteiger partial charge in [-0.3, -0.25) is 0 Å². The molecule has 3 heterocycles. The smallest absolute Gasteiger partial charge is 0.136 e. The van der Waals surface area contributed by atoms with Crippen LogP contribution in [0.25, 0.3) is 93.6 Å². The van der Waals surface area contributed by atoms with Crippen molar-refractivity contribution in [3.05, 3.63) is 151 Å². The molecule has 0 bridgehead atoms. The Morgan fingerprint density at radius 2 is 1.00 bits per heavy atom. The van der Waals surface area contributed by atoms with Crippen LogP contribution in [-0.2, 0) is 0 Å². The molecule has 0 N–H and O–H groups in total. The summed E-state index contributed by atoms with van der Waals surface area (Å²) in [6, 6.07) is 51.4. The molecule has 7 aromatic carbocycles. The average Bonchev–Trinajstić information content (AvgIpc) is 3.83. The van der Waals surface area contributed by atoms with E-state index in [0.29, 0.717) is 11.1 Å². The van der Waals surface area contributed by atoms with Crippen LogP contribution in [0.1, 0.15) is 11.1 Å². The molecule has 0 radical (unpaired) electrons.